The lowest BCUT2D eigenvalue weighted by Crippen LogP contribution is -2.14. The Bertz CT molecular complexity index is 952. The third-order valence-corrected chi connectivity index (χ3v) is 3.68. The van der Waals surface area contributed by atoms with E-state index in [4.69, 9.17) is 16.3 Å². The molecule has 3 aromatic rings. The summed E-state index contributed by atoms with van der Waals surface area (Å²) in [4.78, 5) is 20.6. The van der Waals surface area contributed by atoms with E-state index in [0.717, 1.165) is 0 Å². The van der Waals surface area contributed by atoms with E-state index >= 15 is 0 Å². The molecule has 0 aliphatic heterocycles. The van der Waals surface area contributed by atoms with E-state index in [1.165, 1.54) is 30.5 Å². The molecule has 132 valence electrons. The van der Waals surface area contributed by atoms with Crippen molar-refractivity contribution in [2.45, 2.75) is 0 Å². The number of nitrogens with one attached hydrogen (secondary N) is 2. The predicted molar refractivity (Wildman–Crippen MR) is 97.7 cm³/mol. The van der Waals surface area contributed by atoms with Gasteiger partial charge in [-0.3, -0.25) is 4.79 Å². The summed E-state index contributed by atoms with van der Waals surface area (Å²) in [5.74, 6) is -0.114. The van der Waals surface area contributed by atoms with Crippen LogP contribution in [-0.2, 0) is 0 Å². The Balaban J connectivity index is 1.75. The van der Waals surface area contributed by atoms with Crippen LogP contribution in [0, 0.1) is 5.82 Å². The number of carbonyl (C=O) groups excluding carboxylic acids is 1. The molecule has 0 bridgehead atoms. The summed E-state index contributed by atoms with van der Waals surface area (Å²) in [5.41, 5.74) is 1.24. The van der Waals surface area contributed by atoms with Crippen LogP contribution < -0.4 is 15.4 Å². The maximum atomic E-state index is 13.2. The summed E-state index contributed by atoms with van der Waals surface area (Å²) in [6.45, 7) is 0. The van der Waals surface area contributed by atoms with E-state index < -0.39 is 11.7 Å². The smallest absolute Gasteiger partial charge is 0.274 e. The molecule has 0 fully saturated rings. The molecule has 0 radical (unpaired) electrons. The SMILES string of the molecule is COc1cccc(NC(=O)c2ccnc(Nc3ccc(F)c(Cl)c3)n2)c1. The fourth-order valence-corrected chi connectivity index (χ4v) is 2.32. The Labute approximate surface area is 154 Å². The first-order valence-corrected chi connectivity index (χ1v) is 7.93. The summed E-state index contributed by atoms with van der Waals surface area (Å²) in [6.07, 6.45) is 1.45. The van der Waals surface area contributed by atoms with E-state index in [9.17, 15) is 9.18 Å². The van der Waals surface area contributed by atoms with Gasteiger partial charge >= 0.3 is 0 Å². The standard InChI is InChI=1S/C18H14ClFN4O2/c1-26-13-4-2-3-11(9-13)22-17(25)16-7-8-21-18(24-16)23-12-5-6-15(20)14(19)10-12/h2-10H,1H3,(H,22,25)(H,21,23,24). The summed E-state index contributed by atoms with van der Waals surface area (Å²) >= 11 is 5.75. The summed E-state index contributed by atoms with van der Waals surface area (Å²) in [7, 11) is 1.55. The molecule has 0 saturated heterocycles. The van der Waals surface area contributed by atoms with Gasteiger partial charge in [-0.15, -0.1) is 0 Å². The average Bonchev–Trinajstić information content (AvgIpc) is 2.65. The van der Waals surface area contributed by atoms with Crippen molar-refractivity contribution in [1.29, 1.82) is 0 Å². The molecular formula is C18H14ClFN4O2. The molecule has 2 aromatic carbocycles. The number of methoxy groups -OCH3 is 1. The molecule has 6 nitrogen and oxygen atoms in total. The maximum absolute atomic E-state index is 13.2. The zero-order valence-electron chi connectivity index (χ0n) is 13.7. The fourth-order valence-electron chi connectivity index (χ4n) is 2.14. The van der Waals surface area contributed by atoms with Crippen LogP contribution in [0.3, 0.4) is 0 Å². The molecule has 0 aliphatic rings. The number of nitrogens with zero attached hydrogens (tertiary/aromatic N) is 2. The third-order valence-electron chi connectivity index (χ3n) is 3.39. The van der Waals surface area contributed by atoms with Crippen molar-refractivity contribution in [3.63, 3.8) is 0 Å². The van der Waals surface area contributed by atoms with E-state index in [1.807, 2.05) is 0 Å². The average molecular weight is 373 g/mol. The molecule has 0 atom stereocenters. The lowest BCUT2D eigenvalue weighted by Gasteiger charge is -2.08. The predicted octanol–water partition coefficient (Wildman–Crippen LogP) is 4.27. The van der Waals surface area contributed by atoms with Crippen molar-refractivity contribution in [3.05, 3.63) is 71.3 Å². The van der Waals surface area contributed by atoms with Crippen LogP contribution in [0.2, 0.25) is 5.02 Å². The molecule has 1 aromatic heterocycles. The number of amides is 1. The first-order valence-electron chi connectivity index (χ1n) is 7.55. The molecule has 0 aliphatic carbocycles. The summed E-state index contributed by atoms with van der Waals surface area (Å²) < 4.78 is 18.3. The van der Waals surface area contributed by atoms with Crippen molar-refractivity contribution in [1.82, 2.24) is 9.97 Å². The number of aromatic nitrogens is 2. The molecule has 1 amide bonds. The molecule has 0 unspecified atom stereocenters. The van der Waals surface area contributed by atoms with Gasteiger partial charge in [-0.25, -0.2) is 14.4 Å². The second-order valence-electron chi connectivity index (χ2n) is 5.21. The quantitative estimate of drug-likeness (QED) is 0.699. The summed E-state index contributed by atoms with van der Waals surface area (Å²) in [6, 6.07) is 12.6. The van der Waals surface area contributed by atoms with Gasteiger partial charge in [-0.05, 0) is 36.4 Å². The first-order chi connectivity index (χ1) is 12.5. The normalized spacial score (nSPS) is 10.3. The topological polar surface area (TPSA) is 76.1 Å². The van der Waals surface area contributed by atoms with Gasteiger partial charge in [-0.2, -0.15) is 0 Å². The second kappa shape index (κ2) is 7.79. The molecular weight excluding hydrogens is 359 g/mol. The Hall–Kier alpha value is -3.19. The van der Waals surface area contributed by atoms with Crippen LogP contribution in [0.1, 0.15) is 10.5 Å². The molecule has 0 saturated carbocycles. The van der Waals surface area contributed by atoms with Gasteiger partial charge in [0.15, 0.2) is 0 Å². The van der Waals surface area contributed by atoms with Crippen molar-refractivity contribution in [2.75, 3.05) is 17.7 Å². The number of anilines is 3. The molecule has 3 rings (SSSR count). The van der Waals surface area contributed by atoms with Crippen molar-refractivity contribution in [3.8, 4) is 5.75 Å². The number of ether oxygens (including phenoxy) is 1. The highest BCUT2D eigenvalue weighted by Gasteiger charge is 2.10. The monoisotopic (exact) mass is 372 g/mol. The van der Waals surface area contributed by atoms with Crippen LogP contribution in [0.4, 0.5) is 21.7 Å². The van der Waals surface area contributed by atoms with Crippen molar-refractivity contribution < 1.29 is 13.9 Å². The molecule has 2 N–H and O–H groups in total. The van der Waals surface area contributed by atoms with Gasteiger partial charge in [0.05, 0.1) is 12.1 Å². The highest BCUT2D eigenvalue weighted by molar-refractivity contribution is 6.31. The number of rotatable bonds is 5. The number of benzene rings is 2. The van der Waals surface area contributed by atoms with E-state index in [2.05, 4.69) is 20.6 Å². The van der Waals surface area contributed by atoms with Crippen LogP contribution in [-0.4, -0.2) is 23.0 Å². The van der Waals surface area contributed by atoms with E-state index in [-0.39, 0.29) is 16.7 Å². The molecule has 1 heterocycles. The van der Waals surface area contributed by atoms with Gasteiger partial charge < -0.3 is 15.4 Å². The third kappa shape index (κ3) is 4.25. The zero-order valence-corrected chi connectivity index (χ0v) is 14.4. The zero-order chi connectivity index (χ0) is 18.5. The molecule has 26 heavy (non-hydrogen) atoms. The minimum Gasteiger partial charge on any atom is -0.497 e. The lowest BCUT2D eigenvalue weighted by atomic mass is 10.3. The van der Waals surface area contributed by atoms with Gasteiger partial charge in [0, 0.05) is 23.6 Å². The second-order valence-corrected chi connectivity index (χ2v) is 5.61. The van der Waals surface area contributed by atoms with Crippen LogP contribution in [0.5, 0.6) is 5.75 Å². The molecule has 8 heteroatoms. The minimum atomic E-state index is -0.524. The van der Waals surface area contributed by atoms with E-state index in [0.29, 0.717) is 17.1 Å². The highest BCUT2D eigenvalue weighted by Crippen LogP contribution is 2.21. The van der Waals surface area contributed by atoms with E-state index in [1.54, 1.807) is 31.4 Å². The van der Waals surface area contributed by atoms with Gasteiger partial charge in [0.25, 0.3) is 5.91 Å². The lowest BCUT2D eigenvalue weighted by molar-refractivity contribution is 0.102. The van der Waals surface area contributed by atoms with Crippen LogP contribution in [0.25, 0.3) is 0 Å². The number of hydrogen-bond acceptors (Lipinski definition) is 5. The van der Waals surface area contributed by atoms with Gasteiger partial charge in [-0.1, -0.05) is 17.7 Å². The Kier molecular flexibility index (Phi) is 5.28. The van der Waals surface area contributed by atoms with Crippen LogP contribution in [0.15, 0.2) is 54.7 Å². The molecule has 0 spiro atoms. The summed E-state index contributed by atoms with van der Waals surface area (Å²) in [5, 5.41) is 5.58. The van der Waals surface area contributed by atoms with Crippen LogP contribution >= 0.6 is 11.6 Å². The number of halogens is 2. The van der Waals surface area contributed by atoms with Gasteiger partial charge in [0.2, 0.25) is 5.95 Å². The fraction of sp³-hybridized carbons (Fsp3) is 0.0556. The number of carbonyl (C=O) groups is 1. The van der Waals surface area contributed by atoms with Crippen molar-refractivity contribution >= 4 is 34.8 Å². The Morgan fingerprint density at radius 1 is 1.15 bits per heavy atom. The Morgan fingerprint density at radius 2 is 2.00 bits per heavy atom. The maximum Gasteiger partial charge on any atom is 0.274 e. The largest absolute Gasteiger partial charge is 0.497 e. The first kappa shape index (κ1) is 17.6. The number of hydrogen-bond donors (Lipinski definition) is 2. The van der Waals surface area contributed by atoms with Gasteiger partial charge in [0.1, 0.15) is 17.3 Å². The Morgan fingerprint density at radius 3 is 2.77 bits per heavy atom. The van der Waals surface area contributed by atoms with Crippen molar-refractivity contribution in [2.24, 2.45) is 0 Å². The highest BCUT2D eigenvalue weighted by atomic mass is 35.5. The minimum absolute atomic E-state index is 0.0260.